The molecule has 4 aromatic rings. The average Bonchev–Trinajstić information content (AvgIpc) is 3.38. The molecule has 196 valence electrons. The third-order valence-corrected chi connectivity index (χ3v) is 7.51. The summed E-state index contributed by atoms with van der Waals surface area (Å²) >= 11 is 1.33. The van der Waals surface area contributed by atoms with E-state index in [4.69, 9.17) is 9.73 Å². The van der Waals surface area contributed by atoms with Crippen LogP contribution in [0.3, 0.4) is 0 Å². The van der Waals surface area contributed by atoms with Gasteiger partial charge >= 0.3 is 5.97 Å². The van der Waals surface area contributed by atoms with Gasteiger partial charge in [0.05, 0.1) is 35.5 Å². The fraction of sp³-hybridized carbons (Fsp3) is 0.129. The number of methoxy groups -OCH3 is 1. The second-order valence-corrected chi connectivity index (χ2v) is 10.1. The molecular weight excluding hydrogens is 510 g/mol. The summed E-state index contributed by atoms with van der Waals surface area (Å²) in [6, 6.07) is 26.0. The van der Waals surface area contributed by atoms with Crippen molar-refractivity contribution in [2.75, 3.05) is 7.11 Å². The van der Waals surface area contributed by atoms with Crippen LogP contribution in [0.5, 0.6) is 5.75 Å². The maximum atomic E-state index is 13.7. The van der Waals surface area contributed by atoms with Gasteiger partial charge in [-0.05, 0) is 85.3 Å². The Morgan fingerprint density at radius 3 is 2.38 bits per heavy atom. The summed E-state index contributed by atoms with van der Waals surface area (Å²) in [5, 5.41) is 10.3. The second-order valence-electron chi connectivity index (χ2n) is 9.06. The number of aromatic carboxylic acids is 1. The summed E-state index contributed by atoms with van der Waals surface area (Å²) in [6.45, 7) is 4.22. The van der Waals surface area contributed by atoms with Crippen LogP contribution >= 0.6 is 11.8 Å². The van der Waals surface area contributed by atoms with Crippen LogP contribution in [-0.4, -0.2) is 38.7 Å². The number of amides is 1. The van der Waals surface area contributed by atoms with Crippen LogP contribution in [0.15, 0.2) is 94.8 Å². The Hall–Kier alpha value is -4.56. The zero-order valence-corrected chi connectivity index (χ0v) is 22.6. The molecule has 0 bridgehead atoms. The quantitative estimate of drug-likeness (QED) is 0.268. The van der Waals surface area contributed by atoms with Crippen molar-refractivity contribution in [1.82, 2.24) is 9.47 Å². The van der Waals surface area contributed by atoms with Crippen LogP contribution in [0.1, 0.15) is 32.9 Å². The van der Waals surface area contributed by atoms with E-state index in [0.29, 0.717) is 22.3 Å². The molecular formula is C31H27N3O4S. The highest BCUT2D eigenvalue weighted by molar-refractivity contribution is 8.18. The van der Waals surface area contributed by atoms with Crippen molar-refractivity contribution in [3.05, 3.63) is 118 Å². The molecule has 1 fully saturated rings. The predicted molar refractivity (Wildman–Crippen MR) is 155 cm³/mol. The average molecular weight is 538 g/mol. The lowest BCUT2D eigenvalue weighted by molar-refractivity contribution is -0.122. The lowest BCUT2D eigenvalue weighted by Crippen LogP contribution is -2.28. The summed E-state index contributed by atoms with van der Waals surface area (Å²) in [6.07, 6.45) is 1.86. The molecule has 2 heterocycles. The fourth-order valence-corrected chi connectivity index (χ4v) is 5.54. The smallest absolute Gasteiger partial charge is 0.337 e. The van der Waals surface area contributed by atoms with Crippen LogP contribution < -0.4 is 4.74 Å². The molecule has 0 unspecified atom stereocenters. The van der Waals surface area contributed by atoms with Gasteiger partial charge in [0.2, 0.25) is 0 Å². The van der Waals surface area contributed by atoms with E-state index in [1.165, 1.54) is 11.8 Å². The summed E-state index contributed by atoms with van der Waals surface area (Å²) in [4.78, 5) is 32.6. The van der Waals surface area contributed by atoms with Gasteiger partial charge in [-0.25, -0.2) is 9.79 Å². The van der Waals surface area contributed by atoms with E-state index in [2.05, 4.69) is 0 Å². The van der Waals surface area contributed by atoms with Crippen molar-refractivity contribution in [1.29, 1.82) is 0 Å². The lowest BCUT2D eigenvalue weighted by Gasteiger charge is -2.16. The van der Waals surface area contributed by atoms with Crippen LogP contribution in [0.25, 0.3) is 11.8 Å². The highest BCUT2D eigenvalue weighted by Crippen LogP contribution is 2.36. The summed E-state index contributed by atoms with van der Waals surface area (Å²) in [5.41, 5.74) is 5.07. The zero-order valence-electron chi connectivity index (χ0n) is 21.8. The summed E-state index contributed by atoms with van der Waals surface area (Å²) in [5.74, 6) is -0.379. The first-order valence-electron chi connectivity index (χ1n) is 12.4. The van der Waals surface area contributed by atoms with Gasteiger partial charge in [0.1, 0.15) is 5.75 Å². The second kappa shape index (κ2) is 11.0. The molecule has 3 aromatic carbocycles. The molecule has 1 aliphatic rings. The number of hydrogen-bond donors (Lipinski definition) is 1. The number of amidine groups is 1. The predicted octanol–water partition coefficient (Wildman–Crippen LogP) is 6.61. The Bertz CT molecular complexity index is 1600. The number of thioether (sulfide) groups is 1. The van der Waals surface area contributed by atoms with Gasteiger partial charge in [-0.15, -0.1) is 0 Å². The number of para-hydroxylation sites is 2. The SMILES string of the molecule is COc1ccc(CN2C(=O)/C(=C/c3cc(C)n(-c4ccccc4C(=O)O)c3C)SC2=Nc2ccccc2)cc1. The van der Waals surface area contributed by atoms with Gasteiger partial charge in [-0.3, -0.25) is 9.69 Å². The Morgan fingerprint density at radius 2 is 1.69 bits per heavy atom. The number of nitrogens with zero attached hydrogens (tertiary/aromatic N) is 3. The number of carboxylic acid groups (broad SMARTS) is 1. The van der Waals surface area contributed by atoms with Gasteiger partial charge in [-0.1, -0.05) is 42.5 Å². The van der Waals surface area contributed by atoms with Gasteiger partial charge in [0.15, 0.2) is 5.17 Å². The molecule has 0 spiro atoms. The lowest BCUT2D eigenvalue weighted by atomic mass is 10.1. The number of aromatic nitrogens is 1. The minimum Gasteiger partial charge on any atom is -0.497 e. The van der Waals surface area contributed by atoms with Gasteiger partial charge in [-0.2, -0.15) is 0 Å². The van der Waals surface area contributed by atoms with E-state index in [0.717, 1.165) is 34.0 Å². The van der Waals surface area contributed by atoms with E-state index in [1.807, 2.05) is 91.2 Å². The molecule has 1 aliphatic heterocycles. The number of rotatable bonds is 7. The Morgan fingerprint density at radius 1 is 1.00 bits per heavy atom. The molecule has 5 rings (SSSR count). The highest BCUT2D eigenvalue weighted by atomic mass is 32.2. The van der Waals surface area contributed by atoms with Crippen LogP contribution in [0.2, 0.25) is 0 Å². The van der Waals surface area contributed by atoms with Crippen LogP contribution in [0.4, 0.5) is 5.69 Å². The van der Waals surface area contributed by atoms with E-state index in [9.17, 15) is 14.7 Å². The summed E-state index contributed by atoms with van der Waals surface area (Å²) in [7, 11) is 1.62. The largest absolute Gasteiger partial charge is 0.497 e. The first kappa shape index (κ1) is 26.1. The molecule has 0 radical (unpaired) electrons. The van der Waals surface area contributed by atoms with Crippen LogP contribution in [0, 0.1) is 13.8 Å². The Kier molecular flexibility index (Phi) is 7.38. The van der Waals surface area contributed by atoms with Crippen molar-refractivity contribution in [2.45, 2.75) is 20.4 Å². The van der Waals surface area contributed by atoms with Crippen molar-refractivity contribution in [3.63, 3.8) is 0 Å². The molecule has 1 saturated heterocycles. The first-order chi connectivity index (χ1) is 18.9. The number of carbonyl (C=O) groups excluding carboxylic acids is 1. The molecule has 8 heteroatoms. The van der Waals surface area contributed by atoms with Gasteiger partial charge in [0, 0.05) is 11.4 Å². The number of carbonyl (C=O) groups is 2. The number of ether oxygens (including phenoxy) is 1. The topological polar surface area (TPSA) is 84.1 Å². The van der Waals surface area contributed by atoms with Crippen LogP contribution in [-0.2, 0) is 11.3 Å². The van der Waals surface area contributed by atoms with Gasteiger partial charge in [0.25, 0.3) is 5.91 Å². The third kappa shape index (κ3) is 5.37. The van der Waals surface area contributed by atoms with Crippen molar-refractivity contribution in [3.8, 4) is 11.4 Å². The highest BCUT2D eigenvalue weighted by Gasteiger charge is 2.34. The van der Waals surface area contributed by atoms with Crippen molar-refractivity contribution in [2.24, 2.45) is 4.99 Å². The normalized spacial score (nSPS) is 15.4. The number of carboxylic acids is 1. The van der Waals surface area contributed by atoms with Crippen molar-refractivity contribution >= 4 is 40.6 Å². The van der Waals surface area contributed by atoms with E-state index >= 15 is 0 Å². The molecule has 1 N–H and O–H groups in total. The number of aliphatic imine (C=N–C) groups is 1. The van der Waals surface area contributed by atoms with E-state index in [1.54, 1.807) is 30.2 Å². The van der Waals surface area contributed by atoms with Crippen molar-refractivity contribution < 1.29 is 19.4 Å². The number of hydrogen-bond acceptors (Lipinski definition) is 5. The minimum atomic E-state index is -0.990. The standard InChI is InChI=1S/C31H27N3O4S/c1-20-17-23(21(2)34(20)27-12-8-7-11-26(27)30(36)37)18-28-29(35)33(19-22-13-15-25(38-3)16-14-22)31(39-28)32-24-9-5-4-6-10-24/h4-18H,19H2,1-3H3,(H,36,37)/b28-18-,32-31?. The molecule has 39 heavy (non-hydrogen) atoms. The zero-order chi connectivity index (χ0) is 27.5. The van der Waals surface area contributed by atoms with E-state index < -0.39 is 5.97 Å². The molecule has 7 nitrogen and oxygen atoms in total. The van der Waals surface area contributed by atoms with E-state index in [-0.39, 0.29) is 11.5 Å². The molecule has 1 amide bonds. The third-order valence-electron chi connectivity index (χ3n) is 6.50. The maximum absolute atomic E-state index is 13.7. The molecule has 0 saturated carbocycles. The summed E-state index contributed by atoms with van der Waals surface area (Å²) < 4.78 is 7.18. The first-order valence-corrected chi connectivity index (χ1v) is 13.2. The van der Waals surface area contributed by atoms with Gasteiger partial charge < -0.3 is 14.4 Å². The molecule has 0 atom stereocenters. The minimum absolute atomic E-state index is 0.138. The number of benzene rings is 3. The molecule has 1 aromatic heterocycles. The Labute approximate surface area is 231 Å². The fourth-order valence-electron chi connectivity index (χ4n) is 4.55. The Balaban J connectivity index is 1.53. The maximum Gasteiger partial charge on any atom is 0.337 e. The molecule has 0 aliphatic carbocycles. The monoisotopic (exact) mass is 537 g/mol. The number of aryl methyl sites for hydroxylation is 1.